The monoisotopic (exact) mass is 289 g/mol. The van der Waals surface area contributed by atoms with Crippen molar-refractivity contribution < 1.29 is 23.8 Å². The SMILES string of the molecule is O=C(O)c1cncc(OCC2Cc3cc(F)ccc3O2)c1. The summed E-state index contributed by atoms with van der Waals surface area (Å²) in [6.45, 7) is 0.237. The summed E-state index contributed by atoms with van der Waals surface area (Å²) >= 11 is 0. The number of hydrogen-bond donors (Lipinski definition) is 1. The van der Waals surface area contributed by atoms with E-state index in [4.69, 9.17) is 14.6 Å². The van der Waals surface area contributed by atoms with E-state index in [-0.39, 0.29) is 24.1 Å². The number of carboxylic acid groups (broad SMARTS) is 1. The van der Waals surface area contributed by atoms with E-state index in [1.807, 2.05) is 0 Å². The predicted molar refractivity (Wildman–Crippen MR) is 71.2 cm³/mol. The molecule has 1 atom stereocenters. The molecular weight excluding hydrogens is 277 g/mol. The second-order valence-corrected chi connectivity index (χ2v) is 4.72. The molecule has 0 aliphatic carbocycles. The molecule has 0 bridgehead atoms. The molecular formula is C15H12FNO4. The van der Waals surface area contributed by atoms with Crippen molar-refractivity contribution in [3.8, 4) is 11.5 Å². The topological polar surface area (TPSA) is 68.7 Å². The fourth-order valence-corrected chi connectivity index (χ4v) is 2.19. The highest BCUT2D eigenvalue weighted by Gasteiger charge is 2.24. The van der Waals surface area contributed by atoms with Crippen LogP contribution in [0.2, 0.25) is 0 Å². The predicted octanol–water partition coefficient (Wildman–Crippen LogP) is 2.30. The molecule has 5 nitrogen and oxygen atoms in total. The number of nitrogens with zero attached hydrogens (tertiary/aromatic N) is 1. The number of aromatic nitrogens is 1. The Morgan fingerprint density at radius 3 is 3.10 bits per heavy atom. The van der Waals surface area contributed by atoms with Crippen LogP contribution in [0, 0.1) is 5.82 Å². The number of carboxylic acids is 1. The van der Waals surface area contributed by atoms with Gasteiger partial charge in [-0.2, -0.15) is 0 Å². The second kappa shape index (κ2) is 5.40. The summed E-state index contributed by atoms with van der Waals surface area (Å²) in [6.07, 6.45) is 3.02. The van der Waals surface area contributed by atoms with Crippen LogP contribution < -0.4 is 9.47 Å². The zero-order valence-electron chi connectivity index (χ0n) is 11.0. The van der Waals surface area contributed by atoms with Gasteiger partial charge in [-0.15, -0.1) is 0 Å². The standard InChI is InChI=1S/C15H12FNO4/c16-11-1-2-14-9(3-11)4-13(21-14)8-20-12-5-10(15(18)19)6-17-7-12/h1-3,5-7,13H,4,8H2,(H,18,19). The molecule has 21 heavy (non-hydrogen) atoms. The normalized spacial score (nSPS) is 16.1. The maximum absolute atomic E-state index is 13.1. The molecule has 0 spiro atoms. The van der Waals surface area contributed by atoms with Gasteiger partial charge in [-0.3, -0.25) is 4.98 Å². The largest absolute Gasteiger partial charge is 0.488 e. The van der Waals surface area contributed by atoms with Gasteiger partial charge in [0.15, 0.2) is 0 Å². The number of aromatic carboxylic acids is 1. The lowest BCUT2D eigenvalue weighted by Gasteiger charge is -2.12. The average molecular weight is 289 g/mol. The Hall–Kier alpha value is -2.63. The highest BCUT2D eigenvalue weighted by molar-refractivity contribution is 5.87. The number of benzene rings is 1. The summed E-state index contributed by atoms with van der Waals surface area (Å²) in [5.41, 5.74) is 0.867. The zero-order chi connectivity index (χ0) is 14.8. The van der Waals surface area contributed by atoms with Crippen LogP contribution in [0.3, 0.4) is 0 Å². The first-order valence-electron chi connectivity index (χ1n) is 6.38. The minimum Gasteiger partial charge on any atom is -0.488 e. The van der Waals surface area contributed by atoms with E-state index in [1.165, 1.54) is 30.6 Å². The number of carbonyl (C=O) groups is 1. The van der Waals surface area contributed by atoms with Gasteiger partial charge in [0.05, 0.1) is 11.8 Å². The molecule has 108 valence electrons. The van der Waals surface area contributed by atoms with Gasteiger partial charge in [0.25, 0.3) is 0 Å². The van der Waals surface area contributed by atoms with Crippen molar-refractivity contribution in [2.45, 2.75) is 12.5 Å². The van der Waals surface area contributed by atoms with Gasteiger partial charge in [0, 0.05) is 18.2 Å². The Morgan fingerprint density at radius 2 is 2.29 bits per heavy atom. The summed E-state index contributed by atoms with van der Waals surface area (Å²) in [5, 5.41) is 8.88. The average Bonchev–Trinajstić information content (AvgIpc) is 2.87. The molecule has 0 radical (unpaired) electrons. The van der Waals surface area contributed by atoms with E-state index < -0.39 is 5.97 Å². The molecule has 3 rings (SSSR count). The summed E-state index contributed by atoms with van der Waals surface area (Å²) in [7, 11) is 0. The Balaban J connectivity index is 1.62. The van der Waals surface area contributed by atoms with Crippen LogP contribution in [0.4, 0.5) is 4.39 Å². The van der Waals surface area contributed by atoms with Crippen molar-refractivity contribution in [3.63, 3.8) is 0 Å². The lowest BCUT2D eigenvalue weighted by molar-refractivity contribution is 0.0695. The van der Waals surface area contributed by atoms with E-state index in [0.717, 1.165) is 5.56 Å². The van der Waals surface area contributed by atoms with Crippen molar-refractivity contribution >= 4 is 5.97 Å². The van der Waals surface area contributed by atoms with Crippen molar-refractivity contribution in [3.05, 3.63) is 53.6 Å². The molecule has 0 amide bonds. The zero-order valence-corrected chi connectivity index (χ0v) is 11.0. The molecule has 1 unspecified atom stereocenters. The van der Waals surface area contributed by atoms with E-state index >= 15 is 0 Å². The number of pyridine rings is 1. The number of ether oxygens (including phenoxy) is 2. The van der Waals surface area contributed by atoms with Crippen molar-refractivity contribution in [2.75, 3.05) is 6.61 Å². The van der Waals surface area contributed by atoms with Gasteiger partial charge < -0.3 is 14.6 Å². The summed E-state index contributed by atoms with van der Waals surface area (Å²) in [4.78, 5) is 14.6. The van der Waals surface area contributed by atoms with Crippen LogP contribution in [0.25, 0.3) is 0 Å². The highest BCUT2D eigenvalue weighted by Crippen LogP contribution is 2.29. The first kappa shape index (κ1) is 13.4. The Bertz CT molecular complexity index is 689. The fraction of sp³-hybridized carbons (Fsp3) is 0.200. The molecule has 1 aliphatic heterocycles. The van der Waals surface area contributed by atoms with Gasteiger partial charge in [-0.25, -0.2) is 9.18 Å². The quantitative estimate of drug-likeness (QED) is 0.935. The Kier molecular flexibility index (Phi) is 3.43. The Morgan fingerprint density at radius 1 is 1.43 bits per heavy atom. The van der Waals surface area contributed by atoms with Crippen molar-refractivity contribution in [2.24, 2.45) is 0 Å². The van der Waals surface area contributed by atoms with Gasteiger partial charge in [-0.1, -0.05) is 0 Å². The summed E-state index contributed by atoms with van der Waals surface area (Å²) in [6, 6.07) is 5.79. The van der Waals surface area contributed by atoms with Crippen molar-refractivity contribution in [1.82, 2.24) is 4.98 Å². The van der Waals surface area contributed by atoms with Gasteiger partial charge in [-0.05, 0) is 24.3 Å². The first-order valence-corrected chi connectivity index (χ1v) is 6.38. The molecule has 1 aromatic carbocycles. The second-order valence-electron chi connectivity index (χ2n) is 4.72. The molecule has 1 N–H and O–H groups in total. The number of hydrogen-bond acceptors (Lipinski definition) is 4. The number of rotatable bonds is 4. The molecule has 0 saturated carbocycles. The van der Waals surface area contributed by atoms with Crippen LogP contribution in [0.5, 0.6) is 11.5 Å². The van der Waals surface area contributed by atoms with Crippen molar-refractivity contribution in [1.29, 1.82) is 0 Å². The Labute approximate surface area is 120 Å². The van der Waals surface area contributed by atoms with Gasteiger partial charge in [0.1, 0.15) is 30.0 Å². The third-order valence-electron chi connectivity index (χ3n) is 3.16. The van der Waals surface area contributed by atoms with E-state index in [1.54, 1.807) is 6.07 Å². The van der Waals surface area contributed by atoms with Crippen LogP contribution in [0.1, 0.15) is 15.9 Å². The fourth-order valence-electron chi connectivity index (χ4n) is 2.19. The highest BCUT2D eigenvalue weighted by atomic mass is 19.1. The first-order chi connectivity index (χ1) is 10.1. The molecule has 1 aromatic heterocycles. The minimum atomic E-state index is -1.06. The van der Waals surface area contributed by atoms with Crippen LogP contribution in [-0.4, -0.2) is 28.8 Å². The van der Waals surface area contributed by atoms with E-state index in [0.29, 0.717) is 17.9 Å². The lowest BCUT2D eigenvalue weighted by Crippen LogP contribution is -2.22. The van der Waals surface area contributed by atoms with Crippen LogP contribution in [-0.2, 0) is 6.42 Å². The molecule has 6 heteroatoms. The smallest absolute Gasteiger partial charge is 0.337 e. The lowest BCUT2D eigenvalue weighted by atomic mass is 10.1. The maximum atomic E-state index is 13.1. The third-order valence-corrected chi connectivity index (χ3v) is 3.16. The van der Waals surface area contributed by atoms with Crippen LogP contribution in [0.15, 0.2) is 36.7 Å². The van der Waals surface area contributed by atoms with Crippen LogP contribution >= 0.6 is 0 Å². The number of fused-ring (bicyclic) bond motifs is 1. The number of halogens is 1. The molecule has 2 heterocycles. The molecule has 1 aliphatic rings. The van der Waals surface area contributed by atoms with Gasteiger partial charge in [0.2, 0.25) is 0 Å². The molecule has 0 fully saturated rings. The van der Waals surface area contributed by atoms with E-state index in [9.17, 15) is 9.18 Å². The minimum absolute atomic E-state index is 0.0604. The van der Waals surface area contributed by atoms with Gasteiger partial charge >= 0.3 is 5.97 Å². The maximum Gasteiger partial charge on any atom is 0.337 e. The summed E-state index contributed by atoms with van der Waals surface area (Å²) < 4.78 is 24.2. The third kappa shape index (κ3) is 2.94. The summed E-state index contributed by atoms with van der Waals surface area (Å²) in [5.74, 6) is -0.340. The molecule has 0 saturated heterocycles. The molecule has 2 aromatic rings. The van der Waals surface area contributed by atoms with E-state index in [2.05, 4.69) is 4.98 Å².